The van der Waals surface area contributed by atoms with Crippen molar-refractivity contribution < 1.29 is 33.8 Å². The van der Waals surface area contributed by atoms with Gasteiger partial charge in [-0.05, 0) is 64.4 Å². The van der Waals surface area contributed by atoms with Gasteiger partial charge in [-0.25, -0.2) is 0 Å². The average molecular weight is 666 g/mol. The van der Waals surface area contributed by atoms with Gasteiger partial charge >= 0.3 is 5.97 Å². The Bertz CT molecular complexity index is 1370. The van der Waals surface area contributed by atoms with Gasteiger partial charge in [-0.1, -0.05) is 63.3 Å². The highest BCUT2D eigenvalue weighted by molar-refractivity contribution is 5.98. The SMILES string of the molecule is C=CCCC(=O)N[C@H](C)[C@@H](OC(=O)[C@@H]1[C@H]2C(=O)N([C@H](C)CO)[C@H](C(=O)N(CC=C)C(C)(C)CC(C)(C)C)[C@]23CC[C@H]1O3)c1ccccc1. The lowest BCUT2D eigenvalue weighted by molar-refractivity contribution is -0.163. The number of aliphatic hydroxyl groups is 1. The summed E-state index contributed by atoms with van der Waals surface area (Å²) in [5.41, 5.74) is -1.25. The summed E-state index contributed by atoms with van der Waals surface area (Å²) in [4.78, 5) is 59.4. The number of hydrogen-bond donors (Lipinski definition) is 2. The van der Waals surface area contributed by atoms with Crippen molar-refractivity contribution in [1.29, 1.82) is 0 Å². The number of carbonyl (C=O) groups excluding carboxylic acids is 4. The molecule has 48 heavy (non-hydrogen) atoms. The molecule has 0 aliphatic carbocycles. The van der Waals surface area contributed by atoms with Gasteiger partial charge in [-0.15, -0.1) is 13.2 Å². The quantitative estimate of drug-likeness (QED) is 0.205. The minimum Gasteiger partial charge on any atom is -0.455 e. The van der Waals surface area contributed by atoms with E-state index in [2.05, 4.69) is 39.2 Å². The molecule has 3 saturated heterocycles. The third-order valence-electron chi connectivity index (χ3n) is 10.0. The molecule has 0 unspecified atom stereocenters. The Balaban J connectivity index is 1.70. The molecule has 2 bridgehead atoms. The summed E-state index contributed by atoms with van der Waals surface area (Å²) in [5, 5.41) is 13.2. The van der Waals surface area contributed by atoms with E-state index in [0.29, 0.717) is 31.2 Å². The fourth-order valence-electron chi connectivity index (χ4n) is 8.45. The first-order valence-corrected chi connectivity index (χ1v) is 17.2. The lowest BCUT2D eigenvalue weighted by atomic mass is 9.70. The number of allylic oxidation sites excluding steroid dienone is 1. The molecule has 0 saturated carbocycles. The van der Waals surface area contributed by atoms with Crippen LogP contribution in [-0.4, -0.2) is 87.1 Å². The minimum absolute atomic E-state index is 0.0949. The van der Waals surface area contributed by atoms with Gasteiger partial charge in [0.25, 0.3) is 0 Å². The van der Waals surface area contributed by atoms with E-state index in [0.717, 1.165) is 0 Å². The first-order valence-electron chi connectivity index (χ1n) is 17.2. The Kier molecular flexibility index (Phi) is 11.3. The van der Waals surface area contributed by atoms with Crippen LogP contribution in [0.15, 0.2) is 55.6 Å². The van der Waals surface area contributed by atoms with Crippen molar-refractivity contribution >= 4 is 23.7 Å². The van der Waals surface area contributed by atoms with Crippen LogP contribution in [0.25, 0.3) is 0 Å². The summed E-state index contributed by atoms with van der Waals surface area (Å²) in [6.45, 7) is 21.4. The molecule has 3 fully saturated rings. The molecule has 2 N–H and O–H groups in total. The van der Waals surface area contributed by atoms with E-state index in [9.17, 15) is 24.3 Å². The van der Waals surface area contributed by atoms with Gasteiger partial charge in [-0.3, -0.25) is 19.2 Å². The predicted octanol–water partition coefficient (Wildman–Crippen LogP) is 4.73. The van der Waals surface area contributed by atoms with Crippen molar-refractivity contribution in [2.45, 2.75) is 122 Å². The third kappa shape index (κ3) is 7.25. The number of ether oxygens (including phenoxy) is 2. The summed E-state index contributed by atoms with van der Waals surface area (Å²) in [7, 11) is 0. The molecule has 1 aromatic carbocycles. The van der Waals surface area contributed by atoms with Crippen LogP contribution in [0.5, 0.6) is 0 Å². The topological polar surface area (TPSA) is 125 Å². The summed E-state index contributed by atoms with van der Waals surface area (Å²) < 4.78 is 12.9. The monoisotopic (exact) mass is 665 g/mol. The standard InChI is InChI=1S/C38H55N3O7/c1-10-12-18-28(43)39-25(4)31(26-16-14-13-15-17-26)47-35(46)29-27-19-20-38(48-27)30(29)33(44)41(24(3)22-42)32(38)34(45)40(21-11-2)37(8,9)23-36(5,6)7/h10-11,13-17,24-25,27,29-32,42H,1-2,12,18-23H2,3-9H3,(H,39,43)/t24-,25-,27-,29+,30+,31-,32-,38+/m1/s1. The van der Waals surface area contributed by atoms with Crippen LogP contribution in [-0.2, 0) is 28.7 Å². The number of rotatable bonds is 15. The number of fused-ring (bicyclic) bond motifs is 1. The highest BCUT2D eigenvalue weighted by Crippen LogP contribution is 2.59. The highest BCUT2D eigenvalue weighted by Gasteiger charge is 2.75. The fourth-order valence-corrected chi connectivity index (χ4v) is 8.45. The van der Waals surface area contributed by atoms with E-state index < -0.39 is 65.2 Å². The Morgan fingerprint density at radius 3 is 2.40 bits per heavy atom. The van der Waals surface area contributed by atoms with Crippen molar-refractivity contribution in [2.24, 2.45) is 17.3 Å². The summed E-state index contributed by atoms with van der Waals surface area (Å²) in [5.74, 6) is -3.40. The molecule has 0 radical (unpaired) electrons. The van der Waals surface area contributed by atoms with Crippen LogP contribution in [0.1, 0.15) is 92.2 Å². The van der Waals surface area contributed by atoms with Gasteiger partial charge in [0.05, 0.1) is 36.6 Å². The Morgan fingerprint density at radius 2 is 1.81 bits per heavy atom. The van der Waals surface area contributed by atoms with E-state index in [1.165, 1.54) is 4.90 Å². The van der Waals surface area contributed by atoms with Crippen molar-refractivity contribution in [2.75, 3.05) is 13.2 Å². The first-order chi connectivity index (χ1) is 22.5. The molecule has 1 aromatic rings. The maximum Gasteiger partial charge on any atom is 0.313 e. The van der Waals surface area contributed by atoms with Gasteiger partial charge in [0.2, 0.25) is 17.7 Å². The molecule has 8 atom stereocenters. The van der Waals surface area contributed by atoms with Gasteiger partial charge in [-0.2, -0.15) is 0 Å². The van der Waals surface area contributed by atoms with Gasteiger partial charge in [0, 0.05) is 18.5 Å². The zero-order chi connectivity index (χ0) is 35.6. The number of hydrogen-bond acceptors (Lipinski definition) is 7. The van der Waals surface area contributed by atoms with Gasteiger partial charge < -0.3 is 29.7 Å². The zero-order valence-electron chi connectivity index (χ0n) is 29.7. The van der Waals surface area contributed by atoms with Crippen LogP contribution >= 0.6 is 0 Å². The maximum absolute atomic E-state index is 14.8. The lowest BCUT2D eigenvalue weighted by Gasteiger charge is -2.46. The van der Waals surface area contributed by atoms with E-state index >= 15 is 0 Å². The van der Waals surface area contributed by atoms with Crippen LogP contribution in [0.3, 0.4) is 0 Å². The fraction of sp³-hybridized carbons (Fsp3) is 0.632. The highest BCUT2D eigenvalue weighted by atomic mass is 16.6. The molecule has 1 spiro atoms. The molecule has 0 aromatic heterocycles. The Labute approximate surface area is 285 Å². The van der Waals surface area contributed by atoms with Crippen molar-refractivity contribution in [3.63, 3.8) is 0 Å². The number of nitrogens with one attached hydrogen (secondary N) is 1. The lowest BCUT2D eigenvalue weighted by Crippen LogP contribution is -2.62. The number of aliphatic hydroxyl groups excluding tert-OH is 1. The van der Waals surface area contributed by atoms with Crippen LogP contribution < -0.4 is 5.32 Å². The molecular weight excluding hydrogens is 610 g/mol. The molecule has 3 amide bonds. The Morgan fingerprint density at radius 1 is 1.15 bits per heavy atom. The number of amides is 3. The van der Waals surface area contributed by atoms with Gasteiger partial charge in [0.15, 0.2) is 0 Å². The molecule has 10 heteroatoms. The van der Waals surface area contributed by atoms with E-state index in [1.807, 2.05) is 44.2 Å². The minimum atomic E-state index is -1.25. The second-order valence-electron chi connectivity index (χ2n) is 15.6. The van der Waals surface area contributed by atoms with Gasteiger partial charge in [0.1, 0.15) is 17.7 Å². The average Bonchev–Trinajstić information content (AvgIpc) is 3.67. The van der Waals surface area contributed by atoms with Crippen LogP contribution in [0, 0.1) is 17.3 Å². The smallest absolute Gasteiger partial charge is 0.313 e. The van der Waals surface area contributed by atoms with E-state index in [4.69, 9.17) is 9.47 Å². The van der Waals surface area contributed by atoms with Crippen LogP contribution in [0.2, 0.25) is 0 Å². The molecule has 264 valence electrons. The van der Waals surface area contributed by atoms with Crippen molar-refractivity contribution in [3.05, 3.63) is 61.2 Å². The van der Waals surface area contributed by atoms with Crippen molar-refractivity contribution in [3.8, 4) is 0 Å². The largest absolute Gasteiger partial charge is 0.455 e. The second kappa shape index (κ2) is 14.5. The summed E-state index contributed by atoms with van der Waals surface area (Å²) >= 11 is 0. The molecule has 10 nitrogen and oxygen atoms in total. The summed E-state index contributed by atoms with van der Waals surface area (Å²) in [6, 6.07) is 6.88. The zero-order valence-corrected chi connectivity index (χ0v) is 29.7. The summed E-state index contributed by atoms with van der Waals surface area (Å²) in [6.07, 6.45) is 4.27. The predicted molar refractivity (Wildman–Crippen MR) is 183 cm³/mol. The normalized spacial score (nSPS) is 26.8. The number of carbonyl (C=O) groups is 4. The van der Waals surface area contributed by atoms with E-state index in [-0.39, 0.29) is 36.8 Å². The molecule has 3 aliphatic rings. The second-order valence-corrected chi connectivity index (χ2v) is 15.6. The van der Waals surface area contributed by atoms with E-state index in [1.54, 1.807) is 30.9 Å². The third-order valence-corrected chi connectivity index (χ3v) is 10.0. The molecule has 3 aliphatic heterocycles. The maximum atomic E-state index is 14.8. The molecule has 3 heterocycles. The molecule has 4 rings (SSSR count). The van der Waals surface area contributed by atoms with Crippen LogP contribution in [0.4, 0.5) is 0 Å². The van der Waals surface area contributed by atoms with Crippen molar-refractivity contribution in [1.82, 2.24) is 15.1 Å². The number of likely N-dealkylation sites (tertiary alicyclic amines) is 1. The molecular formula is C38H55N3O7. The number of nitrogens with zero attached hydrogens (tertiary/aromatic N) is 2. The first kappa shape index (κ1) is 37.3. The number of esters is 1. The Hall–Kier alpha value is -3.50. The number of benzene rings is 1.